The van der Waals surface area contributed by atoms with E-state index in [1.165, 1.54) is 40.6 Å². The highest BCUT2D eigenvalue weighted by atomic mass is 32.2. The molecule has 194 valence electrons. The number of carbonyl (C=O) groups excluding carboxylic acids is 2. The molecule has 2 amide bonds. The van der Waals surface area contributed by atoms with E-state index in [0.29, 0.717) is 43.3 Å². The molecule has 2 atom stereocenters. The van der Waals surface area contributed by atoms with Crippen molar-refractivity contribution in [3.8, 4) is 5.75 Å². The van der Waals surface area contributed by atoms with Crippen molar-refractivity contribution in [1.29, 1.82) is 0 Å². The van der Waals surface area contributed by atoms with Crippen LogP contribution in [-0.2, 0) is 24.3 Å². The van der Waals surface area contributed by atoms with E-state index >= 15 is 0 Å². The van der Waals surface area contributed by atoms with Gasteiger partial charge in [-0.2, -0.15) is 4.31 Å². The largest absolute Gasteiger partial charge is 0.482 e. The van der Waals surface area contributed by atoms with Gasteiger partial charge in [-0.1, -0.05) is 6.42 Å². The van der Waals surface area contributed by atoms with Crippen molar-refractivity contribution in [1.82, 2.24) is 14.5 Å². The number of amides is 2. The maximum absolute atomic E-state index is 13.1. The number of piperidine rings is 1. The first-order valence-corrected chi connectivity index (χ1v) is 13.9. The highest BCUT2D eigenvalue weighted by molar-refractivity contribution is 7.89. The zero-order valence-corrected chi connectivity index (χ0v) is 21.4. The van der Waals surface area contributed by atoms with E-state index in [-0.39, 0.29) is 43.0 Å². The number of nitrogens with one attached hydrogen (secondary N) is 1. The summed E-state index contributed by atoms with van der Waals surface area (Å²) in [6, 6.07) is 5.55. The van der Waals surface area contributed by atoms with E-state index < -0.39 is 10.0 Å². The standard InChI is InChI=1S/C24H36N4O6S/c1-18-5-3-6-19(2)27(18)10-4-9-25-23(29)16-28-21-15-20(7-8-22(21)34-17-24(28)30)35(31,32)26-11-13-33-14-12-26/h7-8,15,18-19H,3-6,9-14,16-17H2,1-2H3,(H,25,29)/t18-,19+. The van der Waals surface area contributed by atoms with Crippen LogP contribution in [0.1, 0.15) is 39.5 Å². The Labute approximate surface area is 207 Å². The Kier molecular flexibility index (Phi) is 8.31. The van der Waals surface area contributed by atoms with Crippen LogP contribution in [0, 0.1) is 0 Å². The molecule has 0 radical (unpaired) electrons. The third-order valence-electron chi connectivity index (χ3n) is 7.07. The second-order valence-electron chi connectivity index (χ2n) is 9.48. The third-order valence-corrected chi connectivity index (χ3v) is 8.97. The lowest BCUT2D eigenvalue weighted by atomic mass is 9.97. The van der Waals surface area contributed by atoms with Crippen LogP contribution in [0.5, 0.6) is 5.75 Å². The van der Waals surface area contributed by atoms with Crippen LogP contribution in [0.15, 0.2) is 23.1 Å². The minimum Gasteiger partial charge on any atom is -0.482 e. The number of anilines is 1. The summed E-state index contributed by atoms with van der Waals surface area (Å²) < 4.78 is 38.3. The van der Waals surface area contributed by atoms with Gasteiger partial charge in [0.05, 0.1) is 23.8 Å². The van der Waals surface area contributed by atoms with E-state index in [2.05, 4.69) is 24.1 Å². The van der Waals surface area contributed by atoms with Gasteiger partial charge in [0.2, 0.25) is 15.9 Å². The highest BCUT2D eigenvalue weighted by Gasteiger charge is 2.32. The van der Waals surface area contributed by atoms with Crippen LogP contribution in [0.25, 0.3) is 0 Å². The van der Waals surface area contributed by atoms with Gasteiger partial charge < -0.3 is 14.8 Å². The molecule has 0 aliphatic carbocycles. The van der Waals surface area contributed by atoms with Crippen molar-refractivity contribution in [2.75, 3.05) is 57.4 Å². The Balaban J connectivity index is 1.38. The van der Waals surface area contributed by atoms with Crippen LogP contribution < -0.4 is 15.0 Å². The fraction of sp³-hybridized carbons (Fsp3) is 0.667. The van der Waals surface area contributed by atoms with Crippen molar-refractivity contribution in [3.63, 3.8) is 0 Å². The normalized spacial score (nSPS) is 24.1. The van der Waals surface area contributed by atoms with Crippen LogP contribution in [0.3, 0.4) is 0 Å². The summed E-state index contributed by atoms with van der Waals surface area (Å²) in [5.74, 6) is -0.289. The number of hydrogen-bond donors (Lipinski definition) is 1. The smallest absolute Gasteiger partial charge is 0.265 e. The molecule has 0 unspecified atom stereocenters. The molecule has 0 saturated carbocycles. The van der Waals surface area contributed by atoms with Gasteiger partial charge in [-0.25, -0.2) is 8.42 Å². The Bertz CT molecular complexity index is 1020. The summed E-state index contributed by atoms with van der Waals surface area (Å²) in [5.41, 5.74) is 0.293. The predicted octanol–water partition coefficient (Wildman–Crippen LogP) is 1.20. The second kappa shape index (κ2) is 11.2. The molecular formula is C24H36N4O6S. The van der Waals surface area contributed by atoms with Gasteiger partial charge in [0, 0.05) is 38.3 Å². The van der Waals surface area contributed by atoms with E-state index in [0.717, 1.165) is 13.0 Å². The molecule has 10 nitrogen and oxygen atoms in total. The first kappa shape index (κ1) is 25.9. The summed E-state index contributed by atoms with van der Waals surface area (Å²) in [5, 5.41) is 2.91. The summed E-state index contributed by atoms with van der Waals surface area (Å²) in [6.07, 6.45) is 4.51. The number of likely N-dealkylation sites (tertiary alicyclic amines) is 1. The van der Waals surface area contributed by atoms with Gasteiger partial charge in [0.25, 0.3) is 5.91 Å². The Morgan fingerprint density at radius 3 is 2.57 bits per heavy atom. The van der Waals surface area contributed by atoms with Gasteiger partial charge in [-0.05, 0) is 51.3 Å². The monoisotopic (exact) mass is 508 g/mol. The van der Waals surface area contributed by atoms with Crippen molar-refractivity contribution >= 4 is 27.5 Å². The first-order valence-electron chi connectivity index (χ1n) is 12.4. The van der Waals surface area contributed by atoms with Crippen molar-refractivity contribution in [2.45, 2.75) is 56.5 Å². The molecule has 0 aromatic heterocycles. The quantitative estimate of drug-likeness (QED) is 0.526. The van der Waals surface area contributed by atoms with E-state index in [9.17, 15) is 18.0 Å². The molecule has 1 aromatic rings. The Hall–Kier alpha value is -2.21. The zero-order valence-electron chi connectivity index (χ0n) is 20.6. The van der Waals surface area contributed by atoms with Crippen LogP contribution in [-0.4, -0.2) is 94.1 Å². The topological polar surface area (TPSA) is 108 Å². The number of ether oxygens (including phenoxy) is 2. The SMILES string of the molecule is C[C@@H]1CCC[C@H](C)N1CCCNC(=O)CN1C(=O)COc2ccc(S(=O)(=O)N3CCOCC3)cc21. The van der Waals surface area contributed by atoms with Crippen LogP contribution in [0.2, 0.25) is 0 Å². The average Bonchev–Trinajstić information content (AvgIpc) is 2.85. The van der Waals surface area contributed by atoms with Crippen molar-refractivity contribution < 1.29 is 27.5 Å². The number of carbonyl (C=O) groups is 2. The lowest BCUT2D eigenvalue weighted by Gasteiger charge is -2.39. The van der Waals surface area contributed by atoms with Gasteiger partial charge in [0.1, 0.15) is 12.3 Å². The molecule has 4 rings (SSSR count). The molecule has 3 heterocycles. The number of morpholine rings is 1. The van der Waals surface area contributed by atoms with Gasteiger partial charge in [-0.3, -0.25) is 19.4 Å². The molecule has 1 aromatic carbocycles. The average molecular weight is 509 g/mol. The van der Waals surface area contributed by atoms with Crippen molar-refractivity contribution in [3.05, 3.63) is 18.2 Å². The second-order valence-corrected chi connectivity index (χ2v) is 11.4. The number of benzene rings is 1. The highest BCUT2D eigenvalue weighted by Crippen LogP contribution is 2.35. The number of hydrogen-bond acceptors (Lipinski definition) is 7. The molecule has 0 spiro atoms. The minimum atomic E-state index is -3.75. The zero-order chi connectivity index (χ0) is 25.0. The maximum atomic E-state index is 13.1. The summed E-state index contributed by atoms with van der Waals surface area (Å²) in [6.45, 7) is 6.79. The number of rotatable bonds is 8. The minimum absolute atomic E-state index is 0.0617. The van der Waals surface area contributed by atoms with E-state index in [1.807, 2.05) is 0 Å². The fourth-order valence-electron chi connectivity index (χ4n) is 5.06. The van der Waals surface area contributed by atoms with Crippen molar-refractivity contribution in [2.24, 2.45) is 0 Å². The Morgan fingerprint density at radius 2 is 1.86 bits per heavy atom. The molecule has 11 heteroatoms. The van der Waals surface area contributed by atoms with E-state index in [4.69, 9.17) is 9.47 Å². The maximum Gasteiger partial charge on any atom is 0.265 e. The fourth-order valence-corrected chi connectivity index (χ4v) is 6.48. The molecule has 2 fully saturated rings. The number of fused-ring (bicyclic) bond motifs is 1. The lowest BCUT2D eigenvalue weighted by molar-refractivity contribution is -0.125. The van der Waals surface area contributed by atoms with Gasteiger partial charge >= 0.3 is 0 Å². The molecule has 0 bridgehead atoms. The molecule has 3 aliphatic rings. The third kappa shape index (κ3) is 5.96. The summed E-state index contributed by atoms with van der Waals surface area (Å²) >= 11 is 0. The number of sulfonamides is 1. The molecule has 1 N–H and O–H groups in total. The molecule has 2 saturated heterocycles. The predicted molar refractivity (Wildman–Crippen MR) is 131 cm³/mol. The number of nitrogens with zero attached hydrogens (tertiary/aromatic N) is 3. The van der Waals surface area contributed by atoms with Gasteiger partial charge in [0.15, 0.2) is 6.61 Å². The molecule has 3 aliphatic heterocycles. The Morgan fingerprint density at radius 1 is 1.14 bits per heavy atom. The molecule has 35 heavy (non-hydrogen) atoms. The summed E-state index contributed by atoms with van der Waals surface area (Å²) in [4.78, 5) is 29.1. The molecular weight excluding hydrogens is 472 g/mol. The summed E-state index contributed by atoms with van der Waals surface area (Å²) in [7, 11) is -3.75. The lowest BCUT2D eigenvalue weighted by Crippen LogP contribution is -2.46. The van der Waals surface area contributed by atoms with Crippen LogP contribution >= 0.6 is 0 Å². The van der Waals surface area contributed by atoms with E-state index in [1.54, 1.807) is 6.07 Å². The van der Waals surface area contributed by atoms with Gasteiger partial charge in [-0.15, -0.1) is 0 Å². The van der Waals surface area contributed by atoms with Crippen LogP contribution in [0.4, 0.5) is 5.69 Å². The first-order chi connectivity index (χ1) is 16.8.